The number of esters is 1. The molecule has 0 bridgehead atoms. The average Bonchev–Trinajstić information content (AvgIpc) is 2.09. The summed E-state index contributed by atoms with van der Waals surface area (Å²) in [5.74, 6) is -1.41. The van der Waals surface area contributed by atoms with Gasteiger partial charge in [-0.05, 0) is 12.5 Å². The van der Waals surface area contributed by atoms with Crippen LogP contribution in [0.3, 0.4) is 0 Å². The molecule has 0 aromatic carbocycles. The summed E-state index contributed by atoms with van der Waals surface area (Å²) >= 11 is 0. The maximum Gasteiger partial charge on any atom is 0.322 e. The molecule has 0 spiro atoms. The Labute approximate surface area is 74.8 Å². The first kappa shape index (κ1) is 11.2. The molecule has 1 atom stereocenters. The molecule has 13 heavy (non-hydrogen) atoms. The van der Waals surface area contributed by atoms with E-state index in [9.17, 15) is 9.59 Å². The normalized spacial score (nSPS) is 10.8. The molecule has 6 nitrogen and oxygen atoms in total. The van der Waals surface area contributed by atoms with Crippen molar-refractivity contribution in [2.24, 2.45) is 5.11 Å². The minimum Gasteiger partial charge on any atom is -0.461 e. The lowest BCUT2D eigenvalue weighted by Crippen LogP contribution is -2.27. The second-order valence-corrected chi connectivity index (χ2v) is 2.14. The molecule has 0 rings (SSSR count). The van der Waals surface area contributed by atoms with Crippen LogP contribution >= 0.6 is 0 Å². The number of azide groups is 1. The van der Waals surface area contributed by atoms with E-state index in [1.807, 2.05) is 0 Å². The zero-order chi connectivity index (χ0) is 10.3. The van der Waals surface area contributed by atoms with Crippen molar-refractivity contribution >= 4 is 11.8 Å². The SMILES string of the molecule is C=CCOC(=O)C(N=[N+]=[N-])C(C)=O. The van der Waals surface area contributed by atoms with Gasteiger partial charge in [0.05, 0.1) is 0 Å². The van der Waals surface area contributed by atoms with Crippen molar-refractivity contribution in [3.63, 3.8) is 0 Å². The Morgan fingerprint density at radius 1 is 1.77 bits per heavy atom. The zero-order valence-corrected chi connectivity index (χ0v) is 7.14. The fourth-order valence-electron chi connectivity index (χ4n) is 0.566. The van der Waals surface area contributed by atoms with E-state index < -0.39 is 17.8 Å². The largest absolute Gasteiger partial charge is 0.461 e. The van der Waals surface area contributed by atoms with E-state index in [1.54, 1.807) is 0 Å². The Morgan fingerprint density at radius 3 is 2.77 bits per heavy atom. The number of carbonyl (C=O) groups is 2. The Balaban J connectivity index is 4.36. The number of rotatable bonds is 5. The second kappa shape index (κ2) is 5.79. The average molecular weight is 183 g/mol. The highest BCUT2D eigenvalue weighted by molar-refractivity contribution is 6.02. The van der Waals surface area contributed by atoms with Crippen LogP contribution in [0.25, 0.3) is 10.4 Å². The Morgan fingerprint density at radius 2 is 2.38 bits per heavy atom. The smallest absolute Gasteiger partial charge is 0.322 e. The number of carbonyl (C=O) groups excluding carboxylic acids is 2. The third-order valence-electron chi connectivity index (χ3n) is 1.12. The quantitative estimate of drug-likeness (QED) is 0.159. The van der Waals surface area contributed by atoms with Crippen molar-refractivity contribution in [2.45, 2.75) is 13.0 Å². The molecule has 0 amide bonds. The standard InChI is InChI=1S/C7H9N3O3/c1-3-4-13-7(12)6(5(2)11)9-10-8/h3,6H,1,4H2,2H3. The molecular formula is C7H9N3O3. The van der Waals surface area contributed by atoms with E-state index in [2.05, 4.69) is 21.3 Å². The van der Waals surface area contributed by atoms with Crippen LogP contribution in [-0.4, -0.2) is 24.4 Å². The van der Waals surface area contributed by atoms with Crippen molar-refractivity contribution < 1.29 is 14.3 Å². The van der Waals surface area contributed by atoms with Crippen molar-refractivity contribution in [3.8, 4) is 0 Å². The maximum atomic E-state index is 11.0. The van der Waals surface area contributed by atoms with Gasteiger partial charge in [-0.1, -0.05) is 17.8 Å². The van der Waals surface area contributed by atoms with Crippen LogP contribution in [0.5, 0.6) is 0 Å². The number of nitrogens with zero attached hydrogens (tertiary/aromatic N) is 3. The third-order valence-corrected chi connectivity index (χ3v) is 1.12. The van der Waals surface area contributed by atoms with Gasteiger partial charge in [-0.15, -0.1) is 0 Å². The monoisotopic (exact) mass is 183 g/mol. The van der Waals surface area contributed by atoms with E-state index in [0.717, 1.165) is 6.92 Å². The summed E-state index contributed by atoms with van der Waals surface area (Å²) in [5.41, 5.74) is 8.04. The zero-order valence-electron chi connectivity index (χ0n) is 7.14. The minimum absolute atomic E-state index is 0.0104. The number of Topliss-reactive ketones (excluding diaryl/α,β-unsaturated/α-hetero) is 1. The van der Waals surface area contributed by atoms with Crippen molar-refractivity contribution in [1.82, 2.24) is 0 Å². The summed E-state index contributed by atoms with van der Waals surface area (Å²) in [7, 11) is 0. The first-order chi connectivity index (χ1) is 6.13. The lowest BCUT2D eigenvalue weighted by molar-refractivity contribution is -0.146. The molecule has 0 radical (unpaired) electrons. The van der Waals surface area contributed by atoms with Gasteiger partial charge < -0.3 is 4.74 Å². The summed E-state index contributed by atoms with van der Waals surface area (Å²) in [6, 6.07) is -1.38. The van der Waals surface area contributed by atoms with Gasteiger partial charge in [-0.2, -0.15) is 0 Å². The van der Waals surface area contributed by atoms with Crippen LogP contribution in [0, 0.1) is 0 Å². The first-order valence-electron chi connectivity index (χ1n) is 3.45. The molecule has 6 heteroatoms. The fraction of sp³-hybridized carbons (Fsp3) is 0.429. The van der Waals surface area contributed by atoms with E-state index in [1.165, 1.54) is 6.08 Å². The predicted octanol–water partition coefficient (Wildman–Crippen LogP) is 0.984. The highest BCUT2D eigenvalue weighted by Gasteiger charge is 2.22. The minimum atomic E-state index is -1.38. The van der Waals surface area contributed by atoms with Crippen molar-refractivity contribution in [3.05, 3.63) is 23.1 Å². The van der Waals surface area contributed by atoms with Crippen LogP contribution in [0.15, 0.2) is 17.8 Å². The van der Waals surface area contributed by atoms with E-state index in [4.69, 9.17) is 5.53 Å². The topological polar surface area (TPSA) is 92.1 Å². The molecule has 0 aromatic heterocycles. The molecule has 0 aliphatic rings. The highest BCUT2D eigenvalue weighted by Crippen LogP contribution is 1.97. The van der Waals surface area contributed by atoms with Gasteiger partial charge in [0.1, 0.15) is 12.4 Å². The Bertz CT molecular complexity index is 266. The van der Waals surface area contributed by atoms with Gasteiger partial charge in [0.15, 0.2) is 6.04 Å². The molecular weight excluding hydrogens is 174 g/mol. The fourth-order valence-corrected chi connectivity index (χ4v) is 0.566. The highest BCUT2D eigenvalue weighted by atomic mass is 16.5. The van der Waals surface area contributed by atoms with Gasteiger partial charge in [-0.25, -0.2) is 0 Å². The molecule has 0 saturated heterocycles. The number of hydrogen-bond donors (Lipinski definition) is 0. The van der Waals surface area contributed by atoms with Gasteiger partial charge in [0, 0.05) is 4.91 Å². The van der Waals surface area contributed by atoms with Crippen LogP contribution in [-0.2, 0) is 14.3 Å². The molecule has 0 aliphatic carbocycles. The summed E-state index contributed by atoms with van der Waals surface area (Å²) in [6.45, 7) is 4.45. The Hall–Kier alpha value is -1.81. The molecule has 70 valence electrons. The van der Waals surface area contributed by atoms with Crippen LogP contribution in [0.1, 0.15) is 6.92 Å². The van der Waals surface area contributed by atoms with Gasteiger partial charge in [0.2, 0.25) is 0 Å². The lowest BCUT2D eigenvalue weighted by atomic mass is 10.2. The molecule has 0 saturated carbocycles. The molecule has 0 aromatic rings. The number of hydrogen-bond acceptors (Lipinski definition) is 4. The van der Waals surface area contributed by atoms with Crippen molar-refractivity contribution in [2.75, 3.05) is 6.61 Å². The molecule has 1 unspecified atom stereocenters. The number of ketones is 1. The van der Waals surface area contributed by atoms with Gasteiger partial charge in [-0.3, -0.25) is 9.59 Å². The summed E-state index contributed by atoms with van der Waals surface area (Å²) in [6.07, 6.45) is 1.35. The van der Waals surface area contributed by atoms with Crippen LogP contribution in [0.4, 0.5) is 0 Å². The predicted molar refractivity (Wildman–Crippen MR) is 44.8 cm³/mol. The maximum absolute atomic E-state index is 11.0. The van der Waals surface area contributed by atoms with Gasteiger partial charge in [0.25, 0.3) is 0 Å². The summed E-state index contributed by atoms with van der Waals surface area (Å²) < 4.78 is 4.52. The van der Waals surface area contributed by atoms with E-state index in [-0.39, 0.29) is 6.61 Å². The van der Waals surface area contributed by atoms with Crippen LogP contribution < -0.4 is 0 Å². The first-order valence-corrected chi connectivity index (χ1v) is 3.45. The lowest BCUT2D eigenvalue weighted by Gasteiger charge is -2.05. The van der Waals surface area contributed by atoms with Crippen LogP contribution in [0.2, 0.25) is 0 Å². The van der Waals surface area contributed by atoms with E-state index >= 15 is 0 Å². The van der Waals surface area contributed by atoms with Gasteiger partial charge >= 0.3 is 5.97 Å². The Kier molecular flexibility index (Phi) is 4.99. The summed E-state index contributed by atoms with van der Waals surface area (Å²) in [4.78, 5) is 24.1. The van der Waals surface area contributed by atoms with E-state index in [0.29, 0.717) is 0 Å². The molecule has 0 heterocycles. The second-order valence-electron chi connectivity index (χ2n) is 2.14. The molecule has 0 aliphatic heterocycles. The van der Waals surface area contributed by atoms with Crippen molar-refractivity contribution in [1.29, 1.82) is 0 Å². The molecule has 0 fully saturated rings. The third kappa shape index (κ3) is 3.93. The summed E-state index contributed by atoms with van der Waals surface area (Å²) in [5, 5.41) is 3.00. The molecule has 0 N–H and O–H groups in total. The number of ether oxygens (including phenoxy) is 1.